The summed E-state index contributed by atoms with van der Waals surface area (Å²) in [4.78, 5) is 8.30. The molecule has 0 saturated carbocycles. The standard InChI is InChI=1S/C12H14N4O2/c17-12(3-5-14-8-12)11-15-10(16-18-11)6-9-2-1-4-13-7-9/h1-2,4,7,14,17H,3,5-6,8H2. The third-order valence-corrected chi connectivity index (χ3v) is 3.08. The van der Waals surface area contributed by atoms with E-state index in [-0.39, 0.29) is 0 Å². The van der Waals surface area contributed by atoms with Crippen molar-refractivity contribution in [2.24, 2.45) is 0 Å². The number of nitrogens with zero attached hydrogens (tertiary/aromatic N) is 3. The van der Waals surface area contributed by atoms with E-state index in [9.17, 15) is 5.11 Å². The van der Waals surface area contributed by atoms with Crippen LogP contribution in [0.15, 0.2) is 29.0 Å². The van der Waals surface area contributed by atoms with E-state index in [2.05, 4.69) is 20.4 Å². The molecule has 0 aromatic carbocycles. The molecule has 2 aromatic heterocycles. The van der Waals surface area contributed by atoms with Crippen LogP contribution in [0.3, 0.4) is 0 Å². The van der Waals surface area contributed by atoms with Gasteiger partial charge in [-0.15, -0.1) is 0 Å². The van der Waals surface area contributed by atoms with Crippen molar-refractivity contribution in [1.82, 2.24) is 20.4 Å². The Hall–Kier alpha value is -1.79. The maximum Gasteiger partial charge on any atom is 0.259 e. The molecule has 0 spiro atoms. The molecule has 6 nitrogen and oxygen atoms in total. The van der Waals surface area contributed by atoms with Gasteiger partial charge in [-0.1, -0.05) is 11.2 Å². The fourth-order valence-corrected chi connectivity index (χ4v) is 2.06. The van der Waals surface area contributed by atoms with Gasteiger partial charge in [0.1, 0.15) is 0 Å². The summed E-state index contributed by atoms with van der Waals surface area (Å²) >= 11 is 0. The minimum atomic E-state index is -1.01. The maximum atomic E-state index is 10.3. The number of hydrogen-bond donors (Lipinski definition) is 2. The number of nitrogens with one attached hydrogen (secondary N) is 1. The van der Waals surface area contributed by atoms with Crippen molar-refractivity contribution in [3.05, 3.63) is 41.8 Å². The summed E-state index contributed by atoms with van der Waals surface area (Å²) in [7, 11) is 0. The third kappa shape index (κ3) is 2.12. The van der Waals surface area contributed by atoms with E-state index in [1.807, 2.05) is 12.1 Å². The quantitative estimate of drug-likeness (QED) is 0.807. The maximum absolute atomic E-state index is 10.3. The largest absolute Gasteiger partial charge is 0.379 e. The molecule has 1 unspecified atom stereocenters. The van der Waals surface area contributed by atoms with Crippen LogP contribution in [0.1, 0.15) is 23.7 Å². The van der Waals surface area contributed by atoms with E-state index < -0.39 is 5.60 Å². The fraction of sp³-hybridized carbons (Fsp3) is 0.417. The van der Waals surface area contributed by atoms with Crippen molar-refractivity contribution in [3.63, 3.8) is 0 Å². The molecule has 1 saturated heterocycles. The second kappa shape index (κ2) is 4.47. The van der Waals surface area contributed by atoms with Crippen LogP contribution >= 0.6 is 0 Å². The lowest BCUT2D eigenvalue weighted by Crippen LogP contribution is -2.28. The van der Waals surface area contributed by atoms with Crippen LogP contribution in [0.25, 0.3) is 0 Å². The van der Waals surface area contributed by atoms with Crippen LogP contribution in [0.5, 0.6) is 0 Å². The Labute approximate surface area is 104 Å². The Balaban J connectivity index is 1.78. The van der Waals surface area contributed by atoms with Gasteiger partial charge in [-0.25, -0.2) is 0 Å². The minimum Gasteiger partial charge on any atom is -0.379 e. The highest BCUT2D eigenvalue weighted by Gasteiger charge is 2.38. The van der Waals surface area contributed by atoms with Gasteiger partial charge in [-0.3, -0.25) is 4.98 Å². The van der Waals surface area contributed by atoms with Crippen molar-refractivity contribution in [1.29, 1.82) is 0 Å². The van der Waals surface area contributed by atoms with Gasteiger partial charge >= 0.3 is 0 Å². The van der Waals surface area contributed by atoms with Gasteiger partial charge in [-0.2, -0.15) is 4.98 Å². The van der Waals surface area contributed by atoms with Gasteiger partial charge in [-0.05, 0) is 24.6 Å². The van der Waals surface area contributed by atoms with Crippen molar-refractivity contribution >= 4 is 0 Å². The minimum absolute atomic E-state index is 0.298. The first-order valence-electron chi connectivity index (χ1n) is 5.91. The molecule has 2 aromatic rings. The molecular weight excluding hydrogens is 232 g/mol. The second-order valence-corrected chi connectivity index (χ2v) is 4.51. The number of β-amino-alcohol motifs (C(OH)–C–C–N with tert-alkyl or cyclic N) is 1. The van der Waals surface area contributed by atoms with Gasteiger partial charge in [0.05, 0.1) is 0 Å². The average molecular weight is 246 g/mol. The highest BCUT2D eigenvalue weighted by atomic mass is 16.5. The molecule has 1 aliphatic heterocycles. The van der Waals surface area contributed by atoms with Crippen LogP contribution in [-0.2, 0) is 12.0 Å². The van der Waals surface area contributed by atoms with Crippen molar-refractivity contribution in [2.75, 3.05) is 13.1 Å². The molecule has 0 bridgehead atoms. The first-order valence-corrected chi connectivity index (χ1v) is 5.91. The van der Waals surface area contributed by atoms with Crippen LogP contribution < -0.4 is 5.32 Å². The molecule has 6 heteroatoms. The van der Waals surface area contributed by atoms with Crippen LogP contribution in [0.2, 0.25) is 0 Å². The van der Waals surface area contributed by atoms with Crippen molar-refractivity contribution in [2.45, 2.75) is 18.4 Å². The molecule has 0 radical (unpaired) electrons. The molecule has 18 heavy (non-hydrogen) atoms. The summed E-state index contributed by atoms with van der Waals surface area (Å²) in [5.41, 5.74) is 0.00147. The predicted molar refractivity (Wildman–Crippen MR) is 62.7 cm³/mol. The summed E-state index contributed by atoms with van der Waals surface area (Å²) in [5, 5.41) is 17.3. The third-order valence-electron chi connectivity index (χ3n) is 3.08. The molecule has 1 atom stereocenters. The summed E-state index contributed by atoms with van der Waals surface area (Å²) in [6.07, 6.45) is 4.64. The molecule has 1 fully saturated rings. The van der Waals surface area contributed by atoms with Crippen LogP contribution in [0.4, 0.5) is 0 Å². The zero-order valence-electron chi connectivity index (χ0n) is 9.83. The monoisotopic (exact) mass is 246 g/mol. The highest BCUT2D eigenvalue weighted by molar-refractivity contribution is 5.14. The Kier molecular flexibility index (Phi) is 2.81. The lowest BCUT2D eigenvalue weighted by Gasteiger charge is -2.14. The first-order chi connectivity index (χ1) is 8.76. The number of rotatable bonds is 3. The SMILES string of the molecule is OC1(c2nc(Cc3cccnc3)no2)CCNC1. The summed E-state index contributed by atoms with van der Waals surface area (Å²) in [5.74, 6) is 0.865. The van der Waals surface area contributed by atoms with Gasteiger partial charge in [0.2, 0.25) is 0 Å². The van der Waals surface area contributed by atoms with Gasteiger partial charge in [0.15, 0.2) is 11.4 Å². The van der Waals surface area contributed by atoms with E-state index in [0.29, 0.717) is 31.1 Å². The smallest absolute Gasteiger partial charge is 0.259 e. The van der Waals surface area contributed by atoms with E-state index in [4.69, 9.17) is 4.52 Å². The molecule has 94 valence electrons. The molecule has 3 heterocycles. The molecule has 3 rings (SSSR count). The van der Waals surface area contributed by atoms with Gasteiger partial charge in [0.25, 0.3) is 5.89 Å². The van der Waals surface area contributed by atoms with Crippen molar-refractivity contribution in [3.8, 4) is 0 Å². The van der Waals surface area contributed by atoms with Gasteiger partial charge in [0, 0.05) is 25.4 Å². The zero-order valence-corrected chi connectivity index (χ0v) is 9.83. The van der Waals surface area contributed by atoms with Crippen LogP contribution in [0, 0.1) is 0 Å². The molecular formula is C12H14N4O2. The first kappa shape index (κ1) is 11.3. The van der Waals surface area contributed by atoms with E-state index >= 15 is 0 Å². The Morgan fingerprint density at radius 2 is 2.44 bits per heavy atom. The summed E-state index contributed by atoms with van der Waals surface area (Å²) in [6.45, 7) is 1.22. The fourth-order valence-electron chi connectivity index (χ4n) is 2.06. The van der Waals surface area contributed by atoms with Crippen LogP contribution in [-0.4, -0.2) is 33.3 Å². The predicted octanol–water partition coefficient (Wildman–Crippen LogP) is 0.236. The van der Waals surface area contributed by atoms with Gasteiger partial charge < -0.3 is 14.9 Å². The lowest BCUT2D eigenvalue weighted by atomic mass is 10.0. The summed E-state index contributed by atoms with van der Waals surface area (Å²) < 4.78 is 5.15. The van der Waals surface area contributed by atoms with E-state index in [1.54, 1.807) is 12.4 Å². The molecule has 0 aliphatic carbocycles. The zero-order chi connectivity index (χ0) is 12.4. The number of aliphatic hydroxyl groups is 1. The number of aromatic nitrogens is 3. The number of pyridine rings is 1. The van der Waals surface area contributed by atoms with Crippen molar-refractivity contribution < 1.29 is 9.63 Å². The van der Waals surface area contributed by atoms with E-state index in [0.717, 1.165) is 12.1 Å². The Morgan fingerprint density at radius 1 is 1.50 bits per heavy atom. The molecule has 2 N–H and O–H groups in total. The van der Waals surface area contributed by atoms with E-state index in [1.165, 1.54) is 0 Å². The molecule has 0 amide bonds. The average Bonchev–Trinajstić information content (AvgIpc) is 3.01. The lowest BCUT2D eigenvalue weighted by molar-refractivity contribution is 0.0243. The topological polar surface area (TPSA) is 84.1 Å². The summed E-state index contributed by atoms with van der Waals surface area (Å²) in [6, 6.07) is 3.82. The molecule has 1 aliphatic rings. The highest BCUT2D eigenvalue weighted by Crippen LogP contribution is 2.26. The Bertz CT molecular complexity index is 520. The Morgan fingerprint density at radius 3 is 3.17 bits per heavy atom. The number of hydrogen-bond acceptors (Lipinski definition) is 6. The second-order valence-electron chi connectivity index (χ2n) is 4.51. The normalized spacial score (nSPS) is 23.4.